The highest BCUT2D eigenvalue weighted by Gasteiger charge is 2.25. The molecule has 1 aromatic carbocycles. The molecular formula is C21H19ClN4O3. The maximum Gasteiger partial charge on any atom is 0.263 e. The molecule has 0 spiro atoms. The Balaban J connectivity index is 1.60. The first kappa shape index (κ1) is 18.1. The predicted octanol–water partition coefficient (Wildman–Crippen LogP) is 4.72. The maximum absolute atomic E-state index is 6.19. The van der Waals surface area contributed by atoms with Crippen LogP contribution in [0.5, 0.6) is 0 Å². The van der Waals surface area contributed by atoms with E-state index in [1.54, 1.807) is 6.26 Å². The summed E-state index contributed by atoms with van der Waals surface area (Å²) in [5.74, 6) is 1.58. The number of nitrogens with zero attached hydrogens (tertiary/aromatic N) is 4. The SMILES string of the molecule is Clc1cccc(-c2noc3ncnc(N(Cc4ccco4)C[C@@H]4CCCO4)c23)c1. The summed E-state index contributed by atoms with van der Waals surface area (Å²) in [4.78, 5) is 11.0. The first-order valence-electron chi connectivity index (χ1n) is 9.53. The van der Waals surface area contributed by atoms with Crippen LogP contribution in [0.1, 0.15) is 18.6 Å². The topological polar surface area (TPSA) is 77.4 Å². The maximum atomic E-state index is 6.19. The number of furan rings is 1. The van der Waals surface area contributed by atoms with Crippen LogP contribution in [0.15, 0.2) is 57.9 Å². The smallest absolute Gasteiger partial charge is 0.263 e. The highest BCUT2D eigenvalue weighted by Crippen LogP contribution is 2.35. The minimum absolute atomic E-state index is 0.143. The molecule has 1 aliphatic rings. The molecule has 0 unspecified atom stereocenters. The summed E-state index contributed by atoms with van der Waals surface area (Å²) in [6, 6.07) is 11.3. The normalized spacial score (nSPS) is 16.5. The van der Waals surface area contributed by atoms with E-state index < -0.39 is 0 Å². The third kappa shape index (κ3) is 3.71. The average Bonchev–Trinajstić information content (AvgIpc) is 3.49. The first-order valence-corrected chi connectivity index (χ1v) is 9.91. The number of fused-ring (bicyclic) bond motifs is 1. The molecule has 1 aliphatic heterocycles. The monoisotopic (exact) mass is 410 g/mol. The second-order valence-corrected chi connectivity index (χ2v) is 7.45. The van der Waals surface area contributed by atoms with Crippen molar-refractivity contribution in [3.8, 4) is 11.3 Å². The van der Waals surface area contributed by atoms with Crippen molar-refractivity contribution in [2.75, 3.05) is 18.1 Å². The van der Waals surface area contributed by atoms with Crippen LogP contribution in [-0.4, -0.2) is 34.4 Å². The van der Waals surface area contributed by atoms with E-state index in [0.29, 0.717) is 29.5 Å². The van der Waals surface area contributed by atoms with Crippen molar-refractivity contribution in [3.05, 3.63) is 59.8 Å². The lowest BCUT2D eigenvalue weighted by atomic mass is 10.1. The second kappa shape index (κ2) is 7.85. The van der Waals surface area contributed by atoms with Gasteiger partial charge >= 0.3 is 0 Å². The van der Waals surface area contributed by atoms with Gasteiger partial charge in [-0.25, -0.2) is 4.98 Å². The van der Waals surface area contributed by atoms with Gasteiger partial charge in [0.2, 0.25) is 0 Å². The lowest BCUT2D eigenvalue weighted by Crippen LogP contribution is -2.32. The molecule has 148 valence electrons. The van der Waals surface area contributed by atoms with E-state index in [4.69, 9.17) is 25.3 Å². The van der Waals surface area contributed by atoms with Crippen LogP contribution in [0.2, 0.25) is 5.02 Å². The second-order valence-electron chi connectivity index (χ2n) is 7.01. The van der Waals surface area contributed by atoms with Gasteiger partial charge in [0, 0.05) is 23.7 Å². The molecule has 1 atom stereocenters. The van der Waals surface area contributed by atoms with Crippen LogP contribution in [0.3, 0.4) is 0 Å². The molecule has 0 N–H and O–H groups in total. The standard InChI is InChI=1S/C21H19ClN4O3/c22-15-5-1-4-14(10-15)19-18-20(23-13-24-21(18)29-25-19)26(11-16-6-2-8-27-16)12-17-7-3-9-28-17/h1-2,4-6,8,10,13,17H,3,7,9,11-12H2/t17-/m0/s1. The van der Waals surface area contributed by atoms with Crippen molar-refractivity contribution < 1.29 is 13.7 Å². The lowest BCUT2D eigenvalue weighted by Gasteiger charge is -2.26. The van der Waals surface area contributed by atoms with Crippen LogP contribution < -0.4 is 4.90 Å². The molecule has 0 aliphatic carbocycles. The van der Waals surface area contributed by atoms with E-state index in [9.17, 15) is 0 Å². The number of hydrogen-bond acceptors (Lipinski definition) is 7. The summed E-state index contributed by atoms with van der Waals surface area (Å²) in [6.45, 7) is 2.03. The Morgan fingerprint density at radius 1 is 1.17 bits per heavy atom. The summed E-state index contributed by atoms with van der Waals surface area (Å²) >= 11 is 6.19. The van der Waals surface area contributed by atoms with Crippen molar-refractivity contribution in [2.45, 2.75) is 25.5 Å². The molecule has 8 heteroatoms. The number of hydrogen-bond donors (Lipinski definition) is 0. The van der Waals surface area contributed by atoms with E-state index in [1.165, 1.54) is 6.33 Å². The van der Waals surface area contributed by atoms with Crippen molar-refractivity contribution in [1.29, 1.82) is 0 Å². The number of aromatic nitrogens is 3. The van der Waals surface area contributed by atoms with Crippen molar-refractivity contribution in [3.63, 3.8) is 0 Å². The van der Waals surface area contributed by atoms with E-state index >= 15 is 0 Å². The number of ether oxygens (including phenoxy) is 1. The molecule has 5 rings (SSSR count). The summed E-state index contributed by atoms with van der Waals surface area (Å²) in [5.41, 5.74) is 1.94. The van der Waals surface area contributed by atoms with Gasteiger partial charge in [-0.3, -0.25) is 0 Å². The third-order valence-corrected chi connectivity index (χ3v) is 5.26. The van der Waals surface area contributed by atoms with Crippen molar-refractivity contribution >= 4 is 28.5 Å². The van der Waals surface area contributed by atoms with Gasteiger partial charge in [-0.2, -0.15) is 4.98 Å². The molecule has 1 saturated heterocycles. The highest BCUT2D eigenvalue weighted by atomic mass is 35.5. The van der Waals surface area contributed by atoms with Crippen LogP contribution in [-0.2, 0) is 11.3 Å². The van der Waals surface area contributed by atoms with Gasteiger partial charge in [-0.15, -0.1) is 0 Å². The van der Waals surface area contributed by atoms with Gasteiger partial charge in [-0.05, 0) is 37.1 Å². The Morgan fingerprint density at radius 2 is 2.14 bits per heavy atom. The Labute approximate surface area is 172 Å². The zero-order valence-corrected chi connectivity index (χ0v) is 16.4. The molecule has 0 saturated carbocycles. The number of halogens is 1. The van der Waals surface area contributed by atoms with Crippen molar-refractivity contribution in [1.82, 2.24) is 15.1 Å². The molecule has 7 nitrogen and oxygen atoms in total. The Hall–Kier alpha value is -2.90. The molecule has 29 heavy (non-hydrogen) atoms. The minimum atomic E-state index is 0.143. The molecule has 4 aromatic rings. The Bertz CT molecular complexity index is 1110. The quantitative estimate of drug-likeness (QED) is 0.455. The lowest BCUT2D eigenvalue weighted by molar-refractivity contribution is 0.115. The Morgan fingerprint density at radius 3 is 2.93 bits per heavy atom. The van der Waals surface area contributed by atoms with Gasteiger partial charge in [0.05, 0.1) is 18.9 Å². The number of benzene rings is 1. The van der Waals surface area contributed by atoms with Gasteiger partial charge in [0.25, 0.3) is 5.71 Å². The fraction of sp³-hybridized carbons (Fsp3) is 0.286. The van der Waals surface area contributed by atoms with E-state index in [0.717, 1.165) is 42.0 Å². The van der Waals surface area contributed by atoms with Crippen LogP contribution in [0.25, 0.3) is 22.4 Å². The predicted molar refractivity (Wildman–Crippen MR) is 109 cm³/mol. The molecular weight excluding hydrogens is 392 g/mol. The molecule has 1 fully saturated rings. The molecule has 0 amide bonds. The summed E-state index contributed by atoms with van der Waals surface area (Å²) < 4.78 is 17.0. The summed E-state index contributed by atoms with van der Waals surface area (Å²) in [6.07, 6.45) is 5.40. The van der Waals surface area contributed by atoms with E-state index in [2.05, 4.69) is 20.0 Å². The van der Waals surface area contributed by atoms with E-state index in [-0.39, 0.29) is 6.10 Å². The average molecular weight is 411 g/mol. The van der Waals surface area contributed by atoms with Gasteiger partial charge in [0.15, 0.2) is 0 Å². The molecule has 0 bridgehead atoms. The molecule has 0 radical (unpaired) electrons. The summed E-state index contributed by atoms with van der Waals surface area (Å²) in [5, 5.41) is 5.64. The van der Waals surface area contributed by atoms with Gasteiger partial charge < -0.3 is 18.6 Å². The van der Waals surface area contributed by atoms with Crippen LogP contribution >= 0.6 is 11.6 Å². The zero-order chi connectivity index (χ0) is 19.6. The van der Waals surface area contributed by atoms with E-state index in [1.807, 2.05) is 36.4 Å². The van der Waals surface area contributed by atoms with Gasteiger partial charge in [-0.1, -0.05) is 28.9 Å². The minimum Gasteiger partial charge on any atom is -0.467 e. The number of rotatable bonds is 6. The Kier molecular flexibility index (Phi) is 4.91. The van der Waals surface area contributed by atoms with Crippen molar-refractivity contribution in [2.24, 2.45) is 0 Å². The summed E-state index contributed by atoms with van der Waals surface area (Å²) in [7, 11) is 0. The van der Waals surface area contributed by atoms with Gasteiger partial charge in [0.1, 0.15) is 29.0 Å². The third-order valence-electron chi connectivity index (χ3n) is 5.03. The first-order chi connectivity index (χ1) is 14.3. The molecule has 3 aromatic heterocycles. The van der Waals surface area contributed by atoms with Crippen LogP contribution in [0, 0.1) is 0 Å². The number of anilines is 1. The van der Waals surface area contributed by atoms with Crippen LogP contribution in [0.4, 0.5) is 5.82 Å². The largest absolute Gasteiger partial charge is 0.467 e. The fourth-order valence-electron chi connectivity index (χ4n) is 3.69. The molecule has 4 heterocycles. The zero-order valence-electron chi connectivity index (χ0n) is 15.6. The fourth-order valence-corrected chi connectivity index (χ4v) is 3.89. The highest BCUT2D eigenvalue weighted by molar-refractivity contribution is 6.30.